The largest absolute Gasteiger partial charge is 0.488 e. The molecule has 0 amide bonds. The topological polar surface area (TPSA) is 103 Å². The van der Waals surface area contributed by atoms with Gasteiger partial charge in [-0.2, -0.15) is 0 Å². The summed E-state index contributed by atoms with van der Waals surface area (Å²) in [5, 5.41) is 5.21. The smallest absolute Gasteiger partial charge is 0.302 e. The molecular weight excluding hydrogens is 283 g/mol. The predicted molar refractivity (Wildman–Crippen MR) is 66.9 cm³/mol. The fourth-order valence-electron chi connectivity index (χ4n) is 0.953. The second kappa shape index (κ2) is 9.62. The van der Waals surface area contributed by atoms with E-state index in [4.69, 9.17) is 9.05 Å². The van der Waals surface area contributed by atoms with Gasteiger partial charge < -0.3 is 9.59 Å². The number of rotatable bonds is 11. The minimum absolute atomic E-state index is 0.0344. The van der Waals surface area contributed by atoms with Crippen LogP contribution in [0.2, 0.25) is 0 Å². The SMILES string of the molecule is CC(NCC=O)OP(=O)(OS)OC(C)NCC=O. The molecule has 0 aromatic carbocycles. The number of aldehydes is 2. The lowest BCUT2D eigenvalue weighted by atomic mass is 10.6. The molecule has 106 valence electrons. The first-order valence-electron chi connectivity index (χ1n) is 5.11. The molecule has 0 aromatic rings. The molecule has 0 radical (unpaired) electrons. The van der Waals surface area contributed by atoms with Crippen LogP contribution in [0.1, 0.15) is 13.8 Å². The maximum absolute atomic E-state index is 11.9. The van der Waals surface area contributed by atoms with Crippen molar-refractivity contribution in [1.29, 1.82) is 0 Å². The van der Waals surface area contributed by atoms with Gasteiger partial charge in [0.15, 0.2) is 0 Å². The van der Waals surface area contributed by atoms with E-state index in [0.717, 1.165) is 0 Å². The van der Waals surface area contributed by atoms with E-state index in [1.54, 1.807) is 0 Å². The van der Waals surface area contributed by atoms with E-state index < -0.39 is 20.3 Å². The number of thiol groups is 1. The summed E-state index contributed by atoms with van der Waals surface area (Å²) in [4.78, 5) is 20.3. The fraction of sp³-hybridized carbons (Fsp3) is 0.750. The molecule has 0 aliphatic rings. The molecule has 8 nitrogen and oxygen atoms in total. The molecule has 0 heterocycles. The highest BCUT2D eigenvalue weighted by molar-refractivity contribution is 7.80. The molecule has 0 rings (SSSR count). The molecule has 0 aliphatic heterocycles. The van der Waals surface area contributed by atoms with Crippen molar-refractivity contribution in [3.8, 4) is 0 Å². The van der Waals surface area contributed by atoms with Crippen LogP contribution in [0.3, 0.4) is 0 Å². The zero-order valence-corrected chi connectivity index (χ0v) is 11.9. The summed E-state index contributed by atoms with van der Waals surface area (Å²) < 4.78 is 26.3. The van der Waals surface area contributed by atoms with E-state index in [-0.39, 0.29) is 13.1 Å². The number of carbonyl (C=O) groups is 2. The number of phosphoric acid groups is 1. The first-order chi connectivity index (χ1) is 8.47. The van der Waals surface area contributed by atoms with Gasteiger partial charge in [0.05, 0.1) is 13.1 Å². The quantitative estimate of drug-likeness (QED) is 0.164. The second-order valence-corrected chi connectivity index (χ2v) is 5.14. The predicted octanol–water partition coefficient (Wildman–Crippen LogP) is 0.258. The van der Waals surface area contributed by atoms with Crippen LogP contribution < -0.4 is 10.6 Å². The van der Waals surface area contributed by atoms with E-state index in [1.165, 1.54) is 13.8 Å². The molecule has 0 aromatic heterocycles. The normalized spacial score (nSPS) is 17.7. The minimum Gasteiger partial charge on any atom is -0.302 e. The van der Waals surface area contributed by atoms with Crippen molar-refractivity contribution in [3.63, 3.8) is 0 Å². The molecular formula is C8H17N2O6PS. The number of phosphoric ester groups is 1. The number of hydrogen-bond acceptors (Lipinski definition) is 9. The van der Waals surface area contributed by atoms with Gasteiger partial charge in [0, 0.05) is 0 Å². The van der Waals surface area contributed by atoms with Gasteiger partial charge in [0.2, 0.25) is 0 Å². The summed E-state index contributed by atoms with van der Waals surface area (Å²) in [7, 11) is -3.89. The molecule has 0 aliphatic carbocycles. The van der Waals surface area contributed by atoms with Crippen molar-refractivity contribution in [2.24, 2.45) is 0 Å². The number of nitrogens with one attached hydrogen (secondary N) is 2. The lowest BCUT2D eigenvalue weighted by molar-refractivity contribution is -0.108. The Morgan fingerprint density at radius 1 is 1.11 bits per heavy atom. The minimum atomic E-state index is -3.89. The lowest BCUT2D eigenvalue weighted by Crippen LogP contribution is -2.32. The standard InChI is InChI=1S/C8H17N2O6PS/c1-7(9-3-5-11)14-17(13,16-18)15-8(2)10-4-6-12/h5-10,18H,3-4H2,1-2H3. The molecule has 0 saturated carbocycles. The average Bonchev–Trinajstić information content (AvgIpc) is 2.33. The molecule has 10 heteroatoms. The summed E-state index contributed by atoms with van der Waals surface area (Å²) in [5.41, 5.74) is 0. The van der Waals surface area contributed by atoms with Gasteiger partial charge in [0.25, 0.3) is 0 Å². The summed E-state index contributed by atoms with van der Waals surface area (Å²) in [6.07, 6.45) is -0.207. The van der Waals surface area contributed by atoms with Gasteiger partial charge in [-0.1, -0.05) is 0 Å². The Morgan fingerprint density at radius 2 is 1.50 bits per heavy atom. The molecule has 0 bridgehead atoms. The van der Waals surface area contributed by atoms with E-state index >= 15 is 0 Å². The van der Waals surface area contributed by atoms with Crippen LogP contribution in [-0.2, 0) is 27.2 Å². The first-order valence-corrected chi connectivity index (χ1v) is 6.94. The molecule has 2 atom stereocenters. The third-order valence-electron chi connectivity index (χ3n) is 1.65. The van der Waals surface area contributed by atoms with Gasteiger partial charge in [-0.25, -0.2) is 8.54 Å². The van der Waals surface area contributed by atoms with Crippen molar-refractivity contribution < 1.29 is 27.2 Å². The van der Waals surface area contributed by atoms with Crippen molar-refractivity contribution in [3.05, 3.63) is 0 Å². The Kier molecular flexibility index (Phi) is 9.47. The van der Waals surface area contributed by atoms with E-state index in [2.05, 4.69) is 27.5 Å². The summed E-state index contributed by atoms with van der Waals surface area (Å²) in [6, 6.07) is 0. The zero-order chi connectivity index (χ0) is 14.0. The molecule has 0 saturated heterocycles. The van der Waals surface area contributed by atoms with Crippen LogP contribution in [0.15, 0.2) is 0 Å². The van der Waals surface area contributed by atoms with Crippen molar-refractivity contribution in [2.75, 3.05) is 13.1 Å². The first kappa shape index (κ1) is 17.7. The number of carbonyl (C=O) groups excluding carboxylic acids is 2. The third kappa shape index (κ3) is 7.93. The molecule has 2 N–H and O–H groups in total. The van der Waals surface area contributed by atoms with Crippen LogP contribution >= 0.6 is 20.7 Å². The fourth-order valence-corrected chi connectivity index (χ4v) is 2.23. The second-order valence-electron chi connectivity index (χ2n) is 3.17. The van der Waals surface area contributed by atoms with Crippen LogP contribution in [0.25, 0.3) is 0 Å². The Labute approximate surface area is 111 Å². The highest BCUT2D eigenvalue weighted by Gasteiger charge is 2.31. The summed E-state index contributed by atoms with van der Waals surface area (Å²) in [6.45, 7) is 3.12. The highest BCUT2D eigenvalue weighted by atomic mass is 32.1. The van der Waals surface area contributed by atoms with Crippen LogP contribution in [0, 0.1) is 0 Å². The Morgan fingerprint density at radius 3 is 1.78 bits per heavy atom. The molecule has 2 unspecified atom stereocenters. The maximum Gasteiger partial charge on any atom is 0.488 e. The van der Waals surface area contributed by atoms with Crippen molar-refractivity contribution in [1.82, 2.24) is 10.6 Å². The van der Waals surface area contributed by atoms with Gasteiger partial charge in [-0.05, 0) is 26.8 Å². The average molecular weight is 300 g/mol. The van der Waals surface area contributed by atoms with Crippen molar-refractivity contribution in [2.45, 2.75) is 26.3 Å². The highest BCUT2D eigenvalue weighted by Crippen LogP contribution is 2.52. The molecule has 0 spiro atoms. The Bertz CT molecular complexity index is 281. The number of hydrogen-bond donors (Lipinski definition) is 3. The van der Waals surface area contributed by atoms with Crippen LogP contribution in [-0.4, -0.2) is 38.1 Å². The van der Waals surface area contributed by atoms with E-state index in [1.807, 2.05) is 0 Å². The van der Waals surface area contributed by atoms with Crippen LogP contribution in [0.4, 0.5) is 0 Å². The van der Waals surface area contributed by atoms with E-state index in [0.29, 0.717) is 12.6 Å². The lowest BCUT2D eigenvalue weighted by Gasteiger charge is -2.22. The van der Waals surface area contributed by atoms with Crippen LogP contribution in [0.5, 0.6) is 0 Å². The molecule has 0 fully saturated rings. The van der Waals surface area contributed by atoms with Gasteiger partial charge in [-0.3, -0.25) is 19.7 Å². The van der Waals surface area contributed by atoms with Gasteiger partial charge >= 0.3 is 7.82 Å². The monoisotopic (exact) mass is 300 g/mol. The summed E-state index contributed by atoms with van der Waals surface area (Å²) in [5.74, 6) is 0. The third-order valence-corrected chi connectivity index (χ3v) is 3.60. The Balaban J connectivity index is 4.27. The molecule has 18 heavy (non-hydrogen) atoms. The summed E-state index contributed by atoms with van der Waals surface area (Å²) >= 11 is 3.42. The van der Waals surface area contributed by atoms with E-state index in [9.17, 15) is 14.2 Å². The van der Waals surface area contributed by atoms with Gasteiger partial charge in [0.1, 0.15) is 25.0 Å². The maximum atomic E-state index is 11.9. The zero-order valence-electron chi connectivity index (χ0n) is 10.1. The Hall–Kier alpha value is -0.280. The van der Waals surface area contributed by atoms with Gasteiger partial charge in [-0.15, -0.1) is 0 Å². The van der Waals surface area contributed by atoms with Crippen molar-refractivity contribution >= 4 is 33.3 Å².